The molecule has 0 saturated carbocycles. The molecule has 0 atom stereocenters. The van der Waals surface area contributed by atoms with Gasteiger partial charge in [0.15, 0.2) is 3.95 Å². The average Bonchev–Trinajstić information content (AvgIpc) is 2.74. The normalized spacial score (nSPS) is 9.71. The number of halogens is 2. The molecule has 21 heavy (non-hydrogen) atoms. The lowest BCUT2D eigenvalue weighted by molar-refractivity contribution is 0.475. The van der Waals surface area contributed by atoms with Gasteiger partial charge in [-0.1, -0.05) is 12.1 Å². The molecule has 0 bridgehead atoms. The van der Waals surface area contributed by atoms with E-state index >= 15 is 0 Å². The van der Waals surface area contributed by atoms with Gasteiger partial charge in [-0.2, -0.15) is 0 Å². The fourth-order valence-corrected chi connectivity index (χ4v) is 3.24. The van der Waals surface area contributed by atoms with E-state index < -0.39 is 0 Å². The number of nitrogens with one attached hydrogen (secondary N) is 1. The summed E-state index contributed by atoms with van der Waals surface area (Å²) in [4.78, 5) is 0. The second-order valence-electron chi connectivity index (χ2n) is 4.15. The minimum Gasteiger partial charge on any atom is -0.508 e. The standard InChI is InChI=1S/C14H12N2OS2.2ClH/c17-11-7-5-10(6-8-11)15-9-16-12-3-1-2-4-13(12)19-14(16)18;;/h1-8,15,17H,9H2;2*1H. The highest BCUT2D eigenvalue weighted by Crippen LogP contribution is 2.23. The van der Waals surface area contributed by atoms with Gasteiger partial charge in [0.2, 0.25) is 0 Å². The van der Waals surface area contributed by atoms with Crippen LogP contribution in [-0.2, 0) is 6.67 Å². The number of para-hydroxylation sites is 1. The first-order valence-corrected chi connectivity index (χ1v) is 7.08. The highest BCUT2D eigenvalue weighted by atomic mass is 35.5. The summed E-state index contributed by atoms with van der Waals surface area (Å²) in [7, 11) is 0. The predicted molar refractivity (Wildman–Crippen MR) is 96.9 cm³/mol. The number of phenols is 1. The van der Waals surface area contributed by atoms with E-state index in [1.165, 1.54) is 4.70 Å². The van der Waals surface area contributed by atoms with E-state index in [0.29, 0.717) is 6.67 Å². The fraction of sp³-hybridized carbons (Fsp3) is 0.0714. The Labute approximate surface area is 144 Å². The number of hydrogen-bond acceptors (Lipinski definition) is 4. The van der Waals surface area contributed by atoms with Gasteiger partial charge >= 0.3 is 0 Å². The van der Waals surface area contributed by atoms with Crippen LogP contribution >= 0.6 is 48.4 Å². The van der Waals surface area contributed by atoms with Gasteiger partial charge in [0.1, 0.15) is 5.75 Å². The number of aromatic nitrogens is 1. The first-order valence-electron chi connectivity index (χ1n) is 5.85. The molecule has 2 aromatic carbocycles. The van der Waals surface area contributed by atoms with Crippen molar-refractivity contribution in [2.75, 3.05) is 5.32 Å². The summed E-state index contributed by atoms with van der Waals surface area (Å²) < 4.78 is 4.12. The van der Waals surface area contributed by atoms with Gasteiger partial charge in [0, 0.05) is 5.69 Å². The van der Waals surface area contributed by atoms with Gasteiger partial charge < -0.3 is 15.0 Å². The average molecular weight is 361 g/mol. The maximum Gasteiger partial charge on any atom is 0.163 e. The highest BCUT2D eigenvalue weighted by molar-refractivity contribution is 7.73. The summed E-state index contributed by atoms with van der Waals surface area (Å²) in [6.45, 7) is 0.619. The van der Waals surface area contributed by atoms with Crippen LogP contribution in [0.15, 0.2) is 48.5 Å². The molecule has 0 unspecified atom stereocenters. The highest BCUT2D eigenvalue weighted by Gasteiger charge is 2.03. The number of anilines is 1. The fourth-order valence-electron chi connectivity index (χ4n) is 1.91. The van der Waals surface area contributed by atoms with Crippen molar-refractivity contribution in [2.24, 2.45) is 0 Å². The zero-order chi connectivity index (χ0) is 13.2. The van der Waals surface area contributed by atoms with Crippen molar-refractivity contribution in [1.29, 1.82) is 0 Å². The van der Waals surface area contributed by atoms with Gasteiger partial charge in [0.05, 0.1) is 16.9 Å². The minimum absolute atomic E-state index is 0. The molecule has 3 rings (SSSR count). The number of thiazole rings is 1. The minimum atomic E-state index is 0. The summed E-state index contributed by atoms with van der Waals surface area (Å²) >= 11 is 7.00. The van der Waals surface area contributed by atoms with Crippen LogP contribution in [0.3, 0.4) is 0 Å². The molecule has 3 aromatic rings. The summed E-state index contributed by atoms with van der Waals surface area (Å²) in [5.41, 5.74) is 2.10. The Kier molecular flexibility index (Phi) is 6.48. The monoisotopic (exact) mass is 360 g/mol. The van der Waals surface area contributed by atoms with E-state index in [1.54, 1.807) is 23.5 Å². The lowest BCUT2D eigenvalue weighted by Crippen LogP contribution is -2.07. The van der Waals surface area contributed by atoms with Gasteiger partial charge in [-0.05, 0) is 48.6 Å². The van der Waals surface area contributed by atoms with Crippen molar-refractivity contribution in [1.82, 2.24) is 4.57 Å². The smallest absolute Gasteiger partial charge is 0.163 e. The second kappa shape index (κ2) is 7.66. The van der Waals surface area contributed by atoms with Crippen LogP contribution in [0.25, 0.3) is 10.2 Å². The molecule has 7 heteroatoms. The maximum absolute atomic E-state index is 9.25. The van der Waals surface area contributed by atoms with Crippen molar-refractivity contribution in [3.05, 3.63) is 52.5 Å². The topological polar surface area (TPSA) is 37.2 Å². The lowest BCUT2D eigenvalue weighted by atomic mass is 10.3. The number of aromatic hydroxyl groups is 1. The Morgan fingerprint density at radius 2 is 1.71 bits per heavy atom. The number of hydrogen-bond donors (Lipinski definition) is 2. The van der Waals surface area contributed by atoms with Crippen LogP contribution in [0.1, 0.15) is 0 Å². The van der Waals surface area contributed by atoms with E-state index in [4.69, 9.17) is 12.2 Å². The molecule has 0 spiro atoms. The van der Waals surface area contributed by atoms with Crippen molar-refractivity contribution >= 4 is 64.3 Å². The van der Waals surface area contributed by atoms with Crippen LogP contribution < -0.4 is 5.32 Å². The molecule has 0 amide bonds. The van der Waals surface area contributed by atoms with Crippen LogP contribution in [0.2, 0.25) is 0 Å². The second-order valence-corrected chi connectivity index (χ2v) is 5.82. The maximum atomic E-state index is 9.25. The van der Waals surface area contributed by atoms with Gasteiger partial charge in [-0.3, -0.25) is 0 Å². The van der Waals surface area contributed by atoms with E-state index in [0.717, 1.165) is 15.2 Å². The molecule has 2 N–H and O–H groups in total. The number of phenolic OH excluding ortho intramolecular Hbond substituents is 1. The Balaban J connectivity index is 0.00000110. The Hall–Kier alpha value is -1.27. The summed E-state index contributed by atoms with van der Waals surface area (Å²) in [6, 6.07) is 15.2. The quantitative estimate of drug-likeness (QED) is 0.506. The van der Waals surface area contributed by atoms with Crippen LogP contribution in [0, 0.1) is 3.95 Å². The van der Waals surface area contributed by atoms with Crippen LogP contribution in [0.5, 0.6) is 5.75 Å². The van der Waals surface area contributed by atoms with Crippen LogP contribution in [-0.4, -0.2) is 9.67 Å². The van der Waals surface area contributed by atoms with E-state index in [9.17, 15) is 5.11 Å². The first kappa shape index (κ1) is 17.8. The number of fused-ring (bicyclic) bond motifs is 1. The van der Waals surface area contributed by atoms with E-state index in [2.05, 4.69) is 22.0 Å². The number of benzene rings is 2. The van der Waals surface area contributed by atoms with Gasteiger partial charge in [-0.25, -0.2) is 0 Å². The zero-order valence-corrected chi connectivity index (χ0v) is 14.1. The van der Waals surface area contributed by atoms with E-state index in [1.807, 2.05) is 24.3 Å². The molecule has 0 aliphatic carbocycles. The third-order valence-electron chi connectivity index (χ3n) is 2.88. The van der Waals surface area contributed by atoms with Crippen molar-refractivity contribution in [2.45, 2.75) is 6.67 Å². The Morgan fingerprint density at radius 1 is 1.05 bits per heavy atom. The van der Waals surface area contributed by atoms with Crippen molar-refractivity contribution < 1.29 is 5.11 Å². The summed E-state index contributed by atoms with van der Waals surface area (Å²) in [5, 5.41) is 12.5. The lowest BCUT2D eigenvalue weighted by Gasteiger charge is -2.08. The SMILES string of the molecule is Cl.Cl.Oc1ccc(NCn2c(=S)sc3ccccc32)cc1. The van der Waals surface area contributed by atoms with E-state index in [-0.39, 0.29) is 30.6 Å². The van der Waals surface area contributed by atoms with Crippen molar-refractivity contribution in [3.8, 4) is 5.75 Å². The molecule has 1 aromatic heterocycles. The Morgan fingerprint density at radius 3 is 2.43 bits per heavy atom. The van der Waals surface area contributed by atoms with Gasteiger partial charge in [0.25, 0.3) is 0 Å². The molecule has 112 valence electrons. The van der Waals surface area contributed by atoms with Gasteiger partial charge in [-0.15, -0.1) is 36.2 Å². The number of rotatable bonds is 3. The molecule has 0 aliphatic rings. The molecule has 0 radical (unpaired) electrons. The van der Waals surface area contributed by atoms with Crippen molar-refractivity contribution in [3.63, 3.8) is 0 Å². The summed E-state index contributed by atoms with van der Waals surface area (Å²) in [6.07, 6.45) is 0. The molecule has 3 nitrogen and oxygen atoms in total. The third kappa shape index (κ3) is 3.89. The molecular formula is C14H14Cl2N2OS2. The first-order chi connectivity index (χ1) is 9.24. The van der Waals surface area contributed by atoms with Crippen LogP contribution in [0.4, 0.5) is 5.69 Å². The zero-order valence-electron chi connectivity index (χ0n) is 10.9. The largest absolute Gasteiger partial charge is 0.508 e. The predicted octanol–water partition coefficient (Wildman–Crippen LogP) is 5.05. The molecule has 1 heterocycles. The Bertz CT molecular complexity index is 768. The molecule has 0 saturated heterocycles. The molecule has 0 aliphatic heterocycles. The summed E-state index contributed by atoms with van der Waals surface area (Å²) in [5.74, 6) is 0.267. The molecular weight excluding hydrogens is 347 g/mol. The number of nitrogens with zero attached hydrogens (tertiary/aromatic N) is 1. The molecule has 0 fully saturated rings. The third-order valence-corrected chi connectivity index (χ3v) is 4.31.